The van der Waals surface area contributed by atoms with Crippen LogP contribution in [0.15, 0.2) is 0 Å². The van der Waals surface area contributed by atoms with E-state index in [1.807, 2.05) is 0 Å². The minimum Gasteiger partial charge on any atom is -0.388 e. The number of hydrogen-bond acceptors (Lipinski definition) is 2. The second kappa shape index (κ2) is 4.27. The predicted octanol–water partition coefficient (Wildman–Crippen LogP) is 2.21. The molecule has 3 saturated carbocycles. The molecule has 96 valence electrons. The molecule has 0 aliphatic heterocycles. The van der Waals surface area contributed by atoms with Gasteiger partial charge in [0.2, 0.25) is 0 Å². The molecule has 17 heavy (non-hydrogen) atoms. The molecule has 3 rings (SSSR count). The van der Waals surface area contributed by atoms with Crippen LogP contribution >= 0.6 is 0 Å². The van der Waals surface area contributed by atoms with Crippen LogP contribution < -0.4 is 5.73 Å². The summed E-state index contributed by atoms with van der Waals surface area (Å²) in [7, 11) is 0. The normalized spacial score (nSPS) is 26.2. The summed E-state index contributed by atoms with van der Waals surface area (Å²) in [5.41, 5.74) is 5.98. The summed E-state index contributed by atoms with van der Waals surface area (Å²) in [4.78, 5) is 2.70. The molecule has 3 N–H and O–H groups in total. The van der Waals surface area contributed by atoms with E-state index in [0.717, 1.165) is 18.3 Å². The van der Waals surface area contributed by atoms with Gasteiger partial charge in [0, 0.05) is 26.1 Å². The zero-order valence-electron chi connectivity index (χ0n) is 10.8. The Labute approximate surface area is 104 Å². The Morgan fingerprint density at radius 2 is 1.65 bits per heavy atom. The van der Waals surface area contributed by atoms with E-state index in [1.165, 1.54) is 58.2 Å². The third kappa shape index (κ3) is 3.44. The van der Waals surface area contributed by atoms with Gasteiger partial charge in [-0.2, -0.15) is 0 Å². The second-order valence-corrected chi connectivity index (χ2v) is 6.78. The first kappa shape index (κ1) is 11.5. The summed E-state index contributed by atoms with van der Waals surface area (Å²) in [6.07, 6.45) is 9.19. The Kier molecular flexibility index (Phi) is 2.89. The maximum atomic E-state index is 7.50. The van der Waals surface area contributed by atoms with Crippen molar-refractivity contribution in [1.29, 1.82) is 5.41 Å². The summed E-state index contributed by atoms with van der Waals surface area (Å²) >= 11 is 0. The van der Waals surface area contributed by atoms with E-state index < -0.39 is 0 Å². The van der Waals surface area contributed by atoms with Crippen molar-refractivity contribution < 1.29 is 0 Å². The van der Waals surface area contributed by atoms with Gasteiger partial charge in [0.05, 0.1) is 5.84 Å². The molecule has 0 atom stereocenters. The highest BCUT2D eigenvalue weighted by Gasteiger charge is 2.45. The van der Waals surface area contributed by atoms with E-state index in [4.69, 9.17) is 11.1 Å². The van der Waals surface area contributed by atoms with Crippen molar-refractivity contribution in [2.24, 2.45) is 23.0 Å². The molecule has 3 heteroatoms. The lowest BCUT2D eigenvalue weighted by Crippen LogP contribution is -2.35. The fraction of sp³-hybridized carbons (Fsp3) is 0.929. The Bertz CT molecular complexity index is 287. The SMILES string of the molecule is N=C(N)CC1(CN(CC2CC2)CC2CC2)CC1. The van der Waals surface area contributed by atoms with Crippen molar-refractivity contribution in [1.82, 2.24) is 4.90 Å². The standard InChI is InChI=1S/C14H25N3/c15-13(16)7-14(5-6-14)10-17(8-11-1-2-11)9-12-3-4-12/h11-12H,1-10H2,(H3,15,16). The first-order chi connectivity index (χ1) is 8.15. The number of hydrogen-bond donors (Lipinski definition) is 2. The largest absolute Gasteiger partial charge is 0.388 e. The lowest BCUT2D eigenvalue weighted by molar-refractivity contribution is 0.205. The Morgan fingerprint density at radius 1 is 1.12 bits per heavy atom. The molecule has 3 nitrogen and oxygen atoms in total. The van der Waals surface area contributed by atoms with E-state index in [2.05, 4.69) is 4.90 Å². The summed E-state index contributed by atoms with van der Waals surface area (Å²) in [6.45, 7) is 3.84. The van der Waals surface area contributed by atoms with Crippen LogP contribution in [0.5, 0.6) is 0 Å². The molecule has 0 spiro atoms. The van der Waals surface area contributed by atoms with Crippen LogP contribution in [0.3, 0.4) is 0 Å². The van der Waals surface area contributed by atoms with Crippen LogP contribution in [-0.4, -0.2) is 30.4 Å². The molecule has 0 bridgehead atoms. The monoisotopic (exact) mass is 235 g/mol. The van der Waals surface area contributed by atoms with E-state index in [1.54, 1.807) is 0 Å². The van der Waals surface area contributed by atoms with Gasteiger partial charge < -0.3 is 10.6 Å². The summed E-state index contributed by atoms with van der Waals surface area (Å²) < 4.78 is 0. The Hall–Kier alpha value is -0.570. The van der Waals surface area contributed by atoms with Gasteiger partial charge in [-0.25, -0.2) is 0 Å². The third-order valence-electron chi connectivity index (χ3n) is 4.51. The average molecular weight is 235 g/mol. The van der Waals surface area contributed by atoms with Crippen LogP contribution in [0.4, 0.5) is 0 Å². The maximum absolute atomic E-state index is 7.50. The molecule has 0 heterocycles. The number of rotatable bonds is 8. The van der Waals surface area contributed by atoms with E-state index in [-0.39, 0.29) is 0 Å². The van der Waals surface area contributed by atoms with E-state index >= 15 is 0 Å². The zero-order valence-corrected chi connectivity index (χ0v) is 10.8. The molecule has 0 saturated heterocycles. The minimum absolute atomic E-state index is 0.389. The average Bonchev–Trinajstić information content (AvgIpc) is 3.03. The van der Waals surface area contributed by atoms with Crippen molar-refractivity contribution in [2.45, 2.75) is 44.9 Å². The van der Waals surface area contributed by atoms with Crippen LogP contribution in [0.2, 0.25) is 0 Å². The molecule has 0 aromatic carbocycles. The third-order valence-corrected chi connectivity index (χ3v) is 4.51. The van der Waals surface area contributed by atoms with Crippen LogP contribution in [0.25, 0.3) is 0 Å². The van der Waals surface area contributed by atoms with Crippen LogP contribution in [0.1, 0.15) is 44.9 Å². The Balaban J connectivity index is 1.52. The molecule has 0 amide bonds. The number of amidine groups is 1. The number of nitrogens with zero attached hydrogens (tertiary/aromatic N) is 1. The van der Waals surface area contributed by atoms with Crippen molar-refractivity contribution in [3.05, 3.63) is 0 Å². The van der Waals surface area contributed by atoms with Gasteiger partial charge in [0.15, 0.2) is 0 Å². The van der Waals surface area contributed by atoms with Crippen molar-refractivity contribution in [3.8, 4) is 0 Å². The van der Waals surface area contributed by atoms with Crippen LogP contribution in [-0.2, 0) is 0 Å². The van der Waals surface area contributed by atoms with Gasteiger partial charge in [0.25, 0.3) is 0 Å². The summed E-state index contributed by atoms with van der Waals surface area (Å²) in [5.74, 6) is 2.36. The van der Waals surface area contributed by atoms with Gasteiger partial charge in [0.1, 0.15) is 0 Å². The smallest absolute Gasteiger partial charge is 0.0911 e. The number of nitrogens with one attached hydrogen (secondary N) is 1. The topological polar surface area (TPSA) is 53.1 Å². The highest BCUT2D eigenvalue weighted by Crippen LogP contribution is 2.50. The van der Waals surface area contributed by atoms with E-state index in [9.17, 15) is 0 Å². The Morgan fingerprint density at radius 3 is 2.00 bits per heavy atom. The first-order valence-corrected chi connectivity index (χ1v) is 7.20. The summed E-state index contributed by atoms with van der Waals surface area (Å²) in [5, 5.41) is 7.50. The molecule has 0 unspecified atom stereocenters. The highest BCUT2D eigenvalue weighted by molar-refractivity contribution is 5.78. The van der Waals surface area contributed by atoms with E-state index in [0.29, 0.717) is 11.3 Å². The molecular weight excluding hydrogens is 210 g/mol. The molecule has 3 aliphatic carbocycles. The highest BCUT2D eigenvalue weighted by atomic mass is 15.1. The molecule has 0 aromatic heterocycles. The fourth-order valence-corrected chi connectivity index (χ4v) is 2.98. The lowest BCUT2D eigenvalue weighted by Gasteiger charge is -2.27. The van der Waals surface area contributed by atoms with Gasteiger partial charge >= 0.3 is 0 Å². The zero-order chi connectivity index (χ0) is 11.9. The van der Waals surface area contributed by atoms with Crippen molar-refractivity contribution >= 4 is 5.84 Å². The molecule has 0 aromatic rings. The van der Waals surface area contributed by atoms with Crippen molar-refractivity contribution in [3.63, 3.8) is 0 Å². The first-order valence-electron chi connectivity index (χ1n) is 7.20. The fourth-order valence-electron chi connectivity index (χ4n) is 2.98. The number of nitrogens with two attached hydrogens (primary N) is 1. The minimum atomic E-state index is 0.389. The molecular formula is C14H25N3. The maximum Gasteiger partial charge on any atom is 0.0911 e. The quantitative estimate of drug-likeness (QED) is 0.500. The van der Waals surface area contributed by atoms with Gasteiger partial charge in [-0.05, 0) is 55.8 Å². The second-order valence-electron chi connectivity index (χ2n) is 6.78. The van der Waals surface area contributed by atoms with Gasteiger partial charge in [-0.15, -0.1) is 0 Å². The van der Waals surface area contributed by atoms with Gasteiger partial charge in [-0.1, -0.05) is 0 Å². The summed E-state index contributed by atoms with van der Waals surface area (Å²) in [6, 6.07) is 0. The van der Waals surface area contributed by atoms with Crippen LogP contribution in [0, 0.1) is 22.7 Å². The molecule has 3 aliphatic rings. The molecule has 0 radical (unpaired) electrons. The lowest BCUT2D eigenvalue weighted by atomic mass is 10.0. The van der Waals surface area contributed by atoms with Gasteiger partial charge in [-0.3, -0.25) is 5.41 Å². The molecule has 3 fully saturated rings. The predicted molar refractivity (Wildman–Crippen MR) is 70.1 cm³/mol. The van der Waals surface area contributed by atoms with Crippen molar-refractivity contribution in [2.75, 3.05) is 19.6 Å².